The van der Waals surface area contributed by atoms with Gasteiger partial charge >= 0.3 is 0 Å². The second-order valence-electron chi connectivity index (χ2n) is 6.02. The molecule has 2 aromatic carbocycles. The zero-order chi connectivity index (χ0) is 18.9. The molecule has 0 N–H and O–H groups in total. The van der Waals surface area contributed by atoms with E-state index in [1.807, 2.05) is 35.8 Å². The Morgan fingerprint density at radius 1 is 1.12 bits per heavy atom. The highest BCUT2D eigenvalue weighted by molar-refractivity contribution is 7.88. The number of rotatable bonds is 6. The van der Waals surface area contributed by atoms with Crippen LogP contribution in [0.4, 0.5) is 0 Å². The number of imidazole rings is 1. The van der Waals surface area contributed by atoms with Crippen molar-refractivity contribution in [1.82, 2.24) is 13.9 Å². The highest BCUT2D eigenvalue weighted by Gasteiger charge is 2.22. The summed E-state index contributed by atoms with van der Waals surface area (Å²) in [5.74, 6) is 0.570. The number of para-hydroxylation sites is 2. The van der Waals surface area contributed by atoms with Crippen LogP contribution in [0.5, 0.6) is 0 Å². The summed E-state index contributed by atoms with van der Waals surface area (Å²) in [4.78, 5) is 4.59. The molecule has 0 amide bonds. The molecule has 0 aliphatic heterocycles. The molecule has 0 bridgehead atoms. The lowest BCUT2D eigenvalue weighted by Crippen LogP contribution is -2.29. The summed E-state index contributed by atoms with van der Waals surface area (Å²) in [6, 6.07) is 12.6. The Kier molecular flexibility index (Phi) is 5.58. The van der Waals surface area contributed by atoms with Gasteiger partial charge in [-0.05, 0) is 36.8 Å². The van der Waals surface area contributed by atoms with Crippen molar-refractivity contribution in [3.05, 3.63) is 63.9 Å². The number of aryl methyl sites for hydroxylation is 1. The SMILES string of the molecule is CCn1c(CN(C)S(=O)(=O)Cc2ccc(Cl)c(Cl)c2)nc2ccccc21. The van der Waals surface area contributed by atoms with Gasteiger partial charge in [-0.25, -0.2) is 13.4 Å². The van der Waals surface area contributed by atoms with Crippen molar-refractivity contribution in [2.45, 2.75) is 25.8 Å². The molecular weight excluding hydrogens is 393 g/mol. The molecule has 0 unspecified atom stereocenters. The van der Waals surface area contributed by atoms with Crippen LogP contribution in [0.1, 0.15) is 18.3 Å². The van der Waals surface area contributed by atoms with Gasteiger partial charge in [0.15, 0.2) is 0 Å². The van der Waals surface area contributed by atoms with Gasteiger partial charge < -0.3 is 4.57 Å². The summed E-state index contributed by atoms with van der Waals surface area (Å²) < 4.78 is 28.8. The van der Waals surface area contributed by atoms with Gasteiger partial charge in [-0.2, -0.15) is 4.31 Å². The summed E-state index contributed by atoms with van der Waals surface area (Å²) in [7, 11) is -1.96. The molecule has 0 aliphatic rings. The standard InChI is InChI=1S/C18H19Cl2N3O2S/c1-3-23-17-7-5-4-6-16(17)21-18(23)11-22(2)26(24,25)12-13-8-9-14(19)15(20)10-13/h4-10H,3,11-12H2,1-2H3. The number of benzene rings is 2. The number of hydrogen-bond donors (Lipinski definition) is 0. The molecule has 0 atom stereocenters. The van der Waals surface area contributed by atoms with Crippen LogP contribution in [-0.4, -0.2) is 29.3 Å². The largest absolute Gasteiger partial charge is 0.327 e. The van der Waals surface area contributed by atoms with Crippen LogP contribution in [0.25, 0.3) is 11.0 Å². The van der Waals surface area contributed by atoms with Gasteiger partial charge in [-0.15, -0.1) is 0 Å². The third-order valence-electron chi connectivity index (χ3n) is 4.22. The lowest BCUT2D eigenvalue weighted by atomic mass is 10.2. The van der Waals surface area contributed by atoms with Gasteiger partial charge in [0.1, 0.15) is 5.82 Å². The first-order chi connectivity index (χ1) is 12.3. The fourth-order valence-electron chi connectivity index (χ4n) is 2.85. The molecule has 0 aliphatic carbocycles. The van der Waals surface area contributed by atoms with Crippen molar-refractivity contribution in [1.29, 1.82) is 0 Å². The van der Waals surface area contributed by atoms with Crippen LogP contribution >= 0.6 is 23.2 Å². The molecule has 0 radical (unpaired) electrons. The highest BCUT2D eigenvalue weighted by Crippen LogP contribution is 2.24. The Morgan fingerprint density at radius 2 is 1.85 bits per heavy atom. The summed E-state index contributed by atoms with van der Waals surface area (Å²) in [5.41, 5.74) is 2.45. The minimum Gasteiger partial charge on any atom is -0.327 e. The van der Waals surface area contributed by atoms with E-state index >= 15 is 0 Å². The van der Waals surface area contributed by atoms with Gasteiger partial charge in [-0.1, -0.05) is 41.4 Å². The smallest absolute Gasteiger partial charge is 0.218 e. The van der Waals surface area contributed by atoms with Crippen molar-refractivity contribution < 1.29 is 8.42 Å². The lowest BCUT2D eigenvalue weighted by Gasteiger charge is -2.18. The molecule has 26 heavy (non-hydrogen) atoms. The first kappa shape index (κ1) is 19.2. The number of nitrogens with zero attached hydrogens (tertiary/aromatic N) is 3. The second kappa shape index (κ2) is 7.56. The normalized spacial score (nSPS) is 12.2. The molecule has 138 valence electrons. The van der Waals surface area contributed by atoms with Crippen LogP contribution in [0.2, 0.25) is 10.0 Å². The molecule has 1 aromatic heterocycles. The van der Waals surface area contributed by atoms with Crippen molar-refractivity contribution in [3.8, 4) is 0 Å². The van der Waals surface area contributed by atoms with Gasteiger partial charge in [0.25, 0.3) is 0 Å². The maximum atomic E-state index is 12.7. The number of halogens is 2. The van der Waals surface area contributed by atoms with Crippen LogP contribution in [0.15, 0.2) is 42.5 Å². The third kappa shape index (κ3) is 3.88. The minimum absolute atomic E-state index is 0.146. The molecule has 5 nitrogen and oxygen atoms in total. The molecule has 3 rings (SSSR count). The predicted molar refractivity (Wildman–Crippen MR) is 106 cm³/mol. The van der Waals surface area contributed by atoms with Crippen molar-refractivity contribution in [2.75, 3.05) is 7.05 Å². The van der Waals surface area contributed by atoms with Gasteiger partial charge in [0, 0.05) is 13.6 Å². The van der Waals surface area contributed by atoms with E-state index in [0.717, 1.165) is 17.6 Å². The fraction of sp³-hybridized carbons (Fsp3) is 0.278. The van der Waals surface area contributed by atoms with Crippen LogP contribution in [-0.2, 0) is 28.9 Å². The number of sulfonamides is 1. The molecule has 3 aromatic rings. The maximum absolute atomic E-state index is 12.7. The average molecular weight is 412 g/mol. The number of fused-ring (bicyclic) bond motifs is 1. The summed E-state index contributed by atoms with van der Waals surface area (Å²) in [6.45, 7) is 2.94. The van der Waals surface area contributed by atoms with Gasteiger partial charge in [0.05, 0.1) is 33.4 Å². The van der Waals surface area contributed by atoms with Crippen molar-refractivity contribution in [2.24, 2.45) is 0 Å². The first-order valence-electron chi connectivity index (χ1n) is 8.14. The molecule has 8 heteroatoms. The molecule has 0 fully saturated rings. The Hall–Kier alpha value is -1.60. The predicted octanol–water partition coefficient (Wildman–Crippen LogP) is 4.32. The van der Waals surface area contributed by atoms with E-state index in [2.05, 4.69) is 4.98 Å². The van der Waals surface area contributed by atoms with E-state index in [0.29, 0.717) is 21.4 Å². The Labute approximate surface area is 163 Å². The molecule has 1 heterocycles. The van der Waals surface area contributed by atoms with E-state index in [9.17, 15) is 8.42 Å². The monoisotopic (exact) mass is 411 g/mol. The number of aromatic nitrogens is 2. The second-order valence-corrected chi connectivity index (χ2v) is 8.91. The minimum atomic E-state index is -3.53. The zero-order valence-electron chi connectivity index (χ0n) is 14.5. The van der Waals surface area contributed by atoms with E-state index in [-0.39, 0.29) is 12.3 Å². The molecule has 0 spiro atoms. The topological polar surface area (TPSA) is 55.2 Å². The Morgan fingerprint density at radius 3 is 2.54 bits per heavy atom. The van der Waals surface area contributed by atoms with E-state index < -0.39 is 10.0 Å². The van der Waals surface area contributed by atoms with Crippen molar-refractivity contribution in [3.63, 3.8) is 0 Å². The quantitative estimate of drug-likeness (QED) is 0.606. The summed E-state index contributed by atoms with van der Waals surface area (Å²) in [5, 5.41) is 0.743. The number of hydrogen-bond acceptors (Lipinski definition) is 3. The van der Waals surface area contributed by atoms with E-state index in [1.165, 1.54) is 4.31 Å². The maximum Gasteiger partial charge on any atom is 0.218 e. The van der Waals surface area contributed by atoms with Crippen LogP contribution in [0, 0.1) is 0 Å². The van der Waals surface area contributed by atoms with E-state index in [4.69, 9.17) is 23.2 Å². The zero-order valence-corrected chi connectivity index (χ0v) is 16.8. The summed E-state index contributed by atoms with van der Waals surface area (Å²) in [6.07, 6.45) is 0. The Balaban J connectivity index is 1.84. The molecule has 0 saturated heterocycles. The van der Waals surface area contributed by atoms with Gasteiger partial charge in [0.2, 0.25) is 10.0 Å². The molecular formula is C18H19Cl2N3O2S. The average Bonchev–Trinajstić information content (AvgIpc) is 2.94. The van der Waals surface area contributed by atoms with Gasteiger partial charge in [-0.3, -0.25) is 0 Å². The van der Waals surface area contributed by atoms with Crippen LogP contribution < -0.4 is 0 Å². The highest BCUT2D eigenvalue weighted by atomic mass is 35.5. The Bertz CT molecular complexity index is 1050. The van der Waals surface area contributed by atoms with Crippen LogP contribution in [0.3, 0.4) is 0 Å². The first-order valence-corrected chi connectivity index (χ1v) is 10.5. The van der Waals surface area contributed by atoms with Crippen molar-refractivity contribution >= 4 is 44.3 Å². The third-order valence-corrected chi connectivity index (χ3v) is 6.74. The molecule has 0 saturated carbocycles. The van der Waals surface area contributed by atoms with E-state index in [1.54, 1.807) is 25.2 Å². The summed E-state index contributed by atoms with van der Waals surface area (Å²) >= 11 is 11.9. The lowest BCUT2D eigenvalue weighted by molar-refractivity contribution is 0.448. The fourth-order valence-corrected chi connectivity index (χ4v) is 4.30.